The van der Waals surface area contributed by atoms with Gasteiger partial charge in [0, 0.05) is 31.7 Å². The molecular formula is C16H16FN3O2. The van der Waals surface area contributed by atoms with Crippen LogP contribution in [0.25, 0.3) is 0 Å². The molecule has 0 saturated carbocycles. The van der Waals surface area contributed by atoms with Gasteiger partial charge in [0.2, 0.25) is 0 Å². The molecule has 1 saturated heterocycles. The first-order chi connectivity index (χ1) is 10.6. The SMILES string of the molecule is O=[N+]([O-])c1ccccc1N1CCN[C@@H](c2ccc(F)cc2)C1. The van der Waals surface area contributed by atoms with Gasteiger partial charge in [-0.1, -0.05) is 24.3 Å². The van der Waals surface area contributed by atoms with Crippen LogP contribution in [-0.2, 0) is 0 Å². The molecule has 1 N–H and O–H groups in total. The molecule has 1 atom stereocenters. The predicted octanol–water partition coefficient (Wildman–Crippen LogP) is 2.88. The number of piperazine rings is 1. The summed E-state index contributed by atoms with van der Waals surface area (Å²) >= 11 is 0. The van der Waals surface area contributed by atoms with E-state index in [0.29, 0.717) is 25.3 Å². The standard InChI is InChI=1S/C16H16FN3O2/c17-13-7-5-12(6-8-13)14-11-19(10-9-18-14)15-3-1-2-4-16(15)20(21)22/h1-8,14,18H,9-11H2/t14-/m1/s1. The Hall–Kier alpha value is -2.47. The van der Waals surface area contributed by atoms with Crippen LogP contribution in [0.15, 0.2) is 48.5 Å². The van der Waals surface area contributed by atoms with Crippen LogP contribution >= 0.6 is 0 Å². The van der Waals surface area contributed by atoms with Crippen LogP contribution < -0.4 is 10.2 Å². The number of para-hydroxylation sites is 2. The lowest BCUT2D eigenvalue weighted by Crippen LogP contribution is -2.46. The second kappa shape index (κ2) is 6.11. The molecule has 1 aliphatic heterocycles. The van der Waals surface area contributed by atoms with Crippen LogP contribution in [0.4, 0.5) is 15.8 Å². The molecular weight excluding hydrogens is 285 g/mol. The average molecular weight is 301 g/mol. The summed E-state index contributed by atoms with van der Waals surface area (Å²) in [6.45, 7) is 2.02. The fraction of sp³-hybridized carbons (Fsp3) is 0.250. The van der Waals surface area contributed by atoms with Crippen molar-refractivity contribution in [2.75, 3.05) is 24.5 Å². The maximum absolute atomic E-state index is 13.0. The molecule has 0 amide bonds. The smallest absolute Gasteiger partial charge is 0.292 e. The van der Waals surface area contributed by atoms with E-state index in [4.69, 9.17) is 0 Å². The number of rotatable bonds is 3. The van der Waals surface area contributed by atoms with Crippen molar-refractivity contribution in [1.29, 1.82) is 0 Å². The normalized spacial score (nSPS) is 18.2. The van der Waals surface area contributed by atoms with Gasteiger partial charge >= 0.3 is 0 Å². The molecule has 0 bridgehead atoms. The van der Waals surface area contributed by atoms with Gasteiger partial charge in [-0.3, -0.25) is 10.1 Å². The summed E-state index contributed by atoms with van der Waals surface area (Å²) in [6.07, 6.45) is 0. The number of nitrogens with zero attached hydrogens (tertiary/aromatic N) is 2. The number of hydrogen-bond donors (Lipinski definition) is 1. The lowest BCUT2D eigenvalue weighted by atomic mass is 10.0. The molecule has 3 rings (SSSR count). The summed E-state index contributed by atoms with van der Waals surface area (Å²) in [6, 6.07) is 13.1. The average Bonchev–Trinajstić information content (AvgIpc) is 2.55. The summed E-state index contributed by atoms with van der Waals surface area (Å²) < 4.78 is 13.0. The molecule has 1 heterocycles. The van der Waals surface area contributed by atoms with Gasteiger partial charge in [-0.15, -0.1) is 0 Å². The molecule has 114 valence electrons. The molecule has 2 aromatic carbocycles. The van der Waals surface area contributed by atoms with Crippen molar-refractivity contribution < 1.29 is 9.31 Å². The third kappa shape index (κ3) is 2.92. The number of halogens is 1. The number of anilines is 1. The van der Waals surface area contributed by atoms with Crippen LogP contribution in [0, 0.1) is 15.9 Å². The second-order valence-electron chi connectivity index (χ2n) is 5.25. The molecule has 0 aliphatic carbocycles. The van der Waals surface area contributed by atoms with Crippen molar-refractivity contribution in [3.8, 4) is 0 Å². The zero-order chi connectivity index (χ0) is 15.5. The fourth-order valence-electron chi connectivity index (χ4n) is 2.77. The summed E-state index contributed by atoms with van der Waals surface area (Å²) in [5.74, 6) is -0.268. The molecule has 5 nitrogen and oxygen atoms in total. The Kier molecular flexibility index (Phi) is 4.02. The molecule has 1 fully saturated rings. The van der Waals surface area contributed by atoms with Crippen molar-refractivity contribution in [3.63, 3.8) is 0 Å². The van der Waals surface area contributed by atoms with E-state index in [9.17, 15) is 14.5 Å². The lowest BCUT2D eigenvalue weighted by molar-refractivity contribution is -0.384. The first kappa shape index (κ1) is 14.5. The maximum atomic E-state index is 13.0. The van der Waals surface area contributed by atoms with Crippen LogP contribution in [-0.4, -0.2) is 24.6 Å². The third-order valence-corrected chi connectivity index (χ3v) is 3.87. The van der Waals surface area contributed by atoms with Crippen molar-refractivity contribution in [1.82, 2.24) is 5.32 Å². The van der Waals surface area contributed by atoms with Crippen LogP contribution in [0.5, 0.6) is 0 Å². The maximum Gasteiger partial charge on any atom is 0.292 e. The third-order valence-electron chi connectivity index (χ3n) is 3.87. The van der Waals surface area contributed by atoms with E-state index in [1.807, 2.05) is 4.90 Å². The highest BCUT2D eigenvalue weighted by atomic mass is 19.1. The Morgan fingerprint density at radius 2 is 1.91 bits per heavy atom. The summed E-state index contributed by atoms with van der Waals surface area (Å²) in [5, 5.41) is 14.5. The predicted molar refractivity (Wildman–Crippen MR) is 82.5 cm³/mol. The minimum absolute atomic E-state index is 0.0224. The molecule has 0 spiro atoms. The Labute approximate surface area is 127 Å². The second-order valence-corrected chi connectivity index (χ2v) is 5.25. The number of nitro groups is 1. The Balaban J connectivity index is 1.84. The Morgan fingerprint density at radius 1 is 1.18 bits per heavy atom. The van der Waals surface area contributed by atoms with Gasteiger partial charge in [-0.25, -0.2) is 4.39 Å². The number of hydrogen-bond acceptors (Lipinski definition) is 4. The molecule has 22 heavy (non-hydrogen) atoms. The number of nitro benzene ring substituents is 1. The van der Waals surface area contributed by atoms with E-state index in [-0.39, 0.29) is 22.5 Å². The number of benzene rings is 2. The highest BCUT2D eigenvalue weighted by molar-refractivity contribution is 5.63. The van der Waals surface area contributed by atoms with Gasteiger partial charge in [0.05, 0.1) is 4.92 Å². The first-order valence-electron chi connectivity index (χ1n) is 7.12. The fourth-order valence-corrected chi connectivity index (χ4v) is 2.77. The van der Waals surface area contributed by atoms with Gasteiger partial charge in [-0.2, -0.15) is 0 Å². The Bertz CT molecular complexity index is 675. The van der Waals surface area contributed by atoms with E-state index in [1.165, 1.54) is 18.2 Å². The summed E-state index contributed by atoms with van der Waals surface area (Å²) in [4.78, 5) is 12.8. The van der Waals surface area contributed by atoms with Gasteiger partial charge in [0.15, 0.2) is 0 Å². The van der Waals surface area contributed by atoms with E-state index in [0.717, 1.165) is 5.56 Å². The van der Waals surface area contributed by atoms with E-state index in [2.05, 4.69) is 5.32 Å². The van der Waals surface area contributed by atoms with Gasteiger partial charge in [0.1, 0.15) is 11.5 Å². The summed E-state index contributed by atoms with van der Waals surface area (Å²) in [7, 11) is 0. The van der Waals surface area contributed by atoms with Crippen molar-refractivity contribution in [3.05, 3.63) is 70.0 Å². The monoisotopic (exact) mass is 301 g/mol. The van der Waals surface area contributed by atoms with E-state index >= 15 is 0 Å². The first-order valence-corrected chi connectivity index (χ1v) is 7.12. The zero-order valence-corrected chi connectivity index (χ0v) is 11.9. The zero-order valence-electron chi connectivity index (χ0n) is 11.9. The van der Waals surface area contributed by atoms with Crippen LogP contribution in [0.1, 0.15) is 11.6 Å². The van der Waals surface area contributed by atoms with Crippen LogP contribution in [0.2, 0.25) is 0 Å². The molecule has 0 radical (unpaired) electrons. The van der Waals surface area contributed by atoms with Gasteiger partial charge in [-0.05, 0) is 23.8 Å². The molecule has 2 aromatic rings. The van der Waals surface area contributed by atoms with E-state index < -0.39 is 0 Å². The Morgan fingerprint density at radius 3 is 2.64 bits per heavy atom. The largest absolute Gasteiger partial charge is 0.363 e. The van der Waals surface area contributed by atoms with Gasteiger partial charge in [0.25, 0.3) is 5.69 Å². The topological polar surface area (TPSA) is 58.4 Å². The molecule has 0 unspecified atom stereocenters. The highest BCUT2D eigenvalue weighted by Gasteiger charge is 2.25. The minimum Gasteiger partial charge on any atom is -0.363 e. The van der Waals surface area contributed by atoms with Crippen molar-refractivity contribution >= 4 is 11.4 Å². The van der Waals surface area contributed by atoms with Gasteiger partial charge < -0.3 is 10.2 Å². The van der Waals surface area contributed by atoms with Crippen LogP contribution in [0.3, 0.4) is 0 Å². The summed E-state index contributed by atoms with van der Waals surface area (Å²) in [5.41, 5.74) is 1.72. The highest BCUT2D eigenvalue weighted by Crippen LogP contribution is 2.30. The quantitative estimate of drug-likeness (QED) is 0.699. The molecule has 1 aliphatic rings. The minimum atomic E-state index is -0.357. The molecule has 6 heteroatoms. The molecule has 0 aromatic heterocycles. The van der Waals surface area contributed by atoms with Crippen molar-refractivity contribution in [2.45, 2.75) is 6.04 Å². The number of nitrogens with one attached hydrogen (secondary N) is 1. The lowest BCUT2D eigenvalue weighted by Gasteiger charge is -2.35. The van der Waals surface area contributed by atoms with E-state index in [1.54, 1.807) is 30.3 Å². The van der Waals surface area contributed by atoms with Crippen molar-refractivity contribution in [2.24, 2.45) is 0 Å².